The van der Waals surface area contributed by atoms with Crippen molar-refractivity contribution in [2.24, 2.45) is 0 Å². The first kappa shape index (κ1) is 32.8. The zero-order valence-electron chi connectivity index (χ0n) is 16.2. The van der Waals surface area contributed by atoms with Crippen molar-refractivity contribution in [3.63, 3.8) is 0 Å². The van der Waals surface area contributed by atoms with Crippen LogP contribution in [0.3, 0.4) is 0 Å². The molecule has 2 aromatic carbocycles. The molecule has 0 aromatic heterocycles. The van der Waals surface area contributed by atoms with Crippen LogP contribution in [0, 0.1) is 5.92 Å². The Bertz CT molecular complexity index is 295. The molecule has 0 N–H and O–H groups in total. The second-order valence-corrected chi connectivity index (χ2v) is 6.00. The molecule has 2 aromatic rings. The van der Waals surface area contributed by atoms with Crippen LogP contribution in [0.15, 0.2) is 60.7 Å². The Balaban J connectivity index is -0.000000141. The minimum Gasteiger partial charge on any atom is -1.00 e. The van der Waals surface area contributed by atoms with Gasteiger partial charge >= 0.3 is 26.2 Å². The van der Waals surface area contributed by atoms with Gasteiger partial charge in [-0.3, -0.25) is 0 Å². The van der Waals surface area contributed by atoms with Crippen molar-refractivity contribution in [3.8, 4) is 0 Å². The topological polar surface area (TPSA) is 0 Å². The molecule has 0 radical (unpaired) electrons. The van der Waals surface area contributed by atoms with Crippen LogP contribution < -0.4 is 24.8 Å². The predicted octanol–water partition coefficient (Wildman–Crippen LogP) is 1.56. The van der Waals surface area contributed by atoms with Crippen molar-refractivity contribution < 1.29 is 51.0 Å². The van der Waals surface area contributed by atoms with E-state index in [9.17, 15) is 0 Å². The maximum atomic E-state index is 2.27. The first-order valence-electron chi connectivity index (χ1n) is 8.89. The van der Waals surface area contributed by atoms with Crippen LogP contribution >= 0.6 is 0 Å². The second-order valence-electron chi connectivity index (χ2n) is 6.00. The van der Waals surface area contributed by atoms with Crippen LogP contribution in [-0.2, 0) is 26.2 Å². The molecule has 0 atom stereocenters. The van der Waals surface area contributed by atoms with Crippen LogP contribution in [0.1, 0.15) is 72.1 Å². The Hall–Kier alpha value is 0.163. The van der Waals surface area contributed by atoms with E-state index in [-0.39, 0.29) is 51.0 Å². The van der Waals surface area contributed by atoms with E-state index >= 15 is 0 Å². The van der Waals surface area contributed by atoms with Crippen molar-refractivity contribution in [2.75, 3.05) is 0 Å². The Morgan fingerprint density at radius 1 is 0.640 bits per heavy atom. The van der Waals surface area contributed by atoms with E-state index < -0.39 is 0 Å². The fourth-order valence-electron chi connectivity index (χ4n) is 2.08. The summed E-state index contributed by atoms with van der Waals surface area (Å²) in [5.74, 6) is 1.59. The molecular formula is C22H35Cl2Zr-3. The molecule has 0 fully saturated rings. The number of hydrogen-bond donors (Lipinski definition) is 0. The van der Waals surface area contributed by atoms with Crippen LogP contribution in [-0.4, -0.2) is 0 Å². The quantitative estimate of drug-likeness (QED) is 0.414. The molecule has 0 aliphatic rings. The second kappa shape index (κ2) is 28.9. The van der Waals surface area contributed by atoms with Crippen LogP contribution in [0.25, 0.3) is 0 Å². The molecule has 0 spiro atoms. The van der Waals surface area contributed by atoms with Gasteiger partial charge in [0.1, 0.15) is 0 Å². The van der Waals surface area contributed by atoms with Crippen molar-refractivity contribution in [1.82, 2.24) is 0 Å². The summed E-state index contributed by atoms with van der Waals surface area (Å²) >= 11 is 0. The van der Waals surface area contributed by atoms with Crippen molar-refractivity contribution >= 4 is 0 Å². The van der Waals surface area contributed by atoms with E-state index in [2.05, 4.69) is 20.8 Å². The van der Waals surface area contributed by atoms with Gasteiger partial charge in [-0.2, -0.15) is 56.7 Å². The fraction of sp³-hybridized carbons (Fsp3) is 0.500. The summed E-state index contributed by atoms with van der Waals surface area (Å²) in [6.07, 6.45) is 11.3. The molecule has 144 valence electrons. The van der Waals surface area contributed by atoms with Gasteiger partial charge in [-0.1, -0.05) is 51.9 Å². The maximum Gasteiger partial charge on any atom is 2.00 e. The van der Waals surface area contributed by atoms with Gasteiger partial charge in [-0.15, -0.1) is 0 Å². The monoisotopic (exact) mass is 459 g/mol. The van der Waals surface area contributed by atoms with E-state index in [1.807, 2.05) is 60.7 Å². The third-order valence-electron chi connectivity index (χ3n) is 3.39. The SMILES string of the molecule is CCCCCCCCC[C-](C)C.[Cl-].[Cl-].[Zr+2].c1cc[cH-]c1.c1cc[cH-]c1. The Labute approximate surface area is 188 Å². The molecule has 2 rings (SSSR count). The van der Waals surface area contributed by atoms with Gasteiger partial charge in [-0.05, 0) is 0 Å². The first-order chi connectivity index (χ1) is 10.8. The number of halogens is 2. The Morgan fingerprint density at radius 2 is 1.00 bits per heavy atom. The predicted molar refractivity (Wildman–Crippen MR) is 101 cm³/mol. The molecular weight excluding hydrogens is 426 g/mol. The van der Waals surface area contributed by atoms with E-state index in [0.717, 1.165) is 0 Å². The van der Waals surface area contributed by atoms with E-state index in [1.54, 1.807) is 5.92 Å². The maximum absolute atomic E-state index is 2.27. The van der Waals surface area contributed by atoms with Crippen LogP contribution in [0.5, 0.6) is 0 Å². The van der Waals surface area contributed by atoms with Crippen LogP contribution in [0.4, 0.5) is 0 Å². The van der Waals surface area contributed by atoms with E-state index in [0.29, 0.717) is 0 Å². The van der Waals surface area contributed by atoms with Gasteiger partial charge in [0.2, 0.25) is 0 Å². The summed E-state index contributed by atoms with van der Waals surface area (Å²) in [6.45, 7) is 6.74. The molecule has 0 aliphatic heterocycles. The fourth-order valence-corrected chi connectivity index (χ4v) is 2.08. The third-order valence-corrected chi connectivity index (χ3v) is 3.39. The first-order valence-corrected chi connectivity index (χ1v) is 8.89. The van der Waals surface area contributed by atoms with Gasteiger partial charge in [0.05, 0.1) is 0 Å². The zero-order valence-corrected chi connectivity index (χ0v) is 20.2. The molecule has 0 nitrogen and oxygen atoms in total. The van der Waals surface area contributed by atoms with Crippen molar-refractivity contribution in [1.29, 1.82) is 0 Å². The summed E-state index contributed by atoms with van der Waals surface area (Å²) in [5, 5.41) is 0. The summed E-state index contributed by atoms with van der Waals surface area (Å²) in [7, 11) is 0. The summed E-state index contributed by atoms with van der Waals surface area (Å²) in [6, 6.07) is 20.0. The van der Waals surface area contributed by atoms with Crippen molar-refractivity contribution in [3.05, 3.63) is 66.6 Å². The molecule has 25 heavy (non-hydrogen) atoms. The normalized spacial score (nSPS) is 8.48. The minimum absolute atomic E-state index is 0. The van der Waals surface area contributed by atoms with Gasteiger partial charge in [0, 0.05) is 0 Å². The average Bonchev–Trinajstić information content (AvgIpc) is 3.23. The summed E-state index contributed by atoms with van der Waals surface area (Å²) < 4.78 is 0. The molecule has 0 unspecified atom stereocenters. The number of unbranched alkanes of at least 4 members (excludes halogenated alkanes) is 6. The molecule has 0 amide bonds. The smallest absolute Gasteiger partial charge is 1.00 e. The average molecular weight is 462 g/mol. The third kappa shape index (κ3) is 32.3. The standard InChI is InChI=1S/C12H25.2C5H5.2ClH.Zr/c1-4-5-6-7-8-9-10-11-12(2)3;2*1-2-4-5-3-1;;;/h4-11H2,1-3H3;2*1-5H;2*1H;/q3*-1;;;+2/p-2. The Kier molecular flexibility index (Phi) is 38.0. The largest absolute Gasteiger partial charge is 2.00 e. The molecule has 0 heterocycles. The van der Waals surface area contributed by atoms with E-state index in [4.69, 9.17) is 0 Å². The van der Waals surface area contributed by atoms with Gasteiger partial charge in [-0.25, -0.2) is 24.3 Å². The van der Waals surface area contributed by atoms with Crippen molar-refractivity contribution in [2.45, 2.75) is 72.1 Å². The zero-order chi connectivity index (χ0) is 16.3. The van der Waals surface area contributed by atoms with Gasteiger partial charge in [0.15, 0.2) is 0 Å². The number of rotatable bonds is 8. The van der Waals surface area contributed by atoms with E-state index in [1.165, 1.54) is 51.4 Å². The molecule has 0 bridgehead atoms. The van der Waals surface area contributed by atoms with Crippen LogP contribution in [0.2, 0.25) is 0 Å². The summed E-state index contributed by atoms with van der Waals surface area (Å²) in [4.78, 5) is 0. The Morgan fingerprint density at radius 3 is 1.28 bits per heavy atom. The molecule has 0 saturated heterocycles. The minimum atomic E-state index is 0. The number of hydrogen-bond acceptors (Lipinski definition) is 0. The van der Waals surface area contributed by atoms with Gasteiger partial charge in [0.25, 0.3) is 0 Å². The molecule has 0 saturated carbocycles. The van der Waals surface area contributed by atoms with Gasteiger partial charge < -0.3 is 30.7 Å². The summed E-state index contributed by atoms with van der Waals surface area (Å²) in [5.41, 5.74) is 0. The molecule has 3 heteroatoms. The molecule has 0 aliphatic carbocycles.